The molecule has 3 amide bonds. The lowest BCUT2D eigenvalue weighted by Gasteiger charge is -2.40. The Bertz CT molecular complexity index is 2020. The number of anilines is 1. The molecule has 2 unspecified atom stereocenters. The number of carbonyl (C=O) groups is 3. The van der Waals surface area contributed by atoms with Gasteiger partial charge in [-0.3, -0.25) is 19.8 Å². The summed E-state index contributed by atoms with van der Waals surface area (Å²) in [6.45, 7) is 6.71. The van der Waals surface area contributed by atoms with Gasteiger partial charge in [0.1, 0.15) is 41.5 Å². The van der Waals surface area contributed by atoms with E-state index >= 15 is 8.78 Å². The number of rotatable bonds is 8. The van der Waals surface area contributed by atoms with E-state index in [-0.39, 0.29) is 48.9 Å². The van der Waals surface area contributed by atoms with Crippen LogP contribution in [-0.4, -0.2) is 70.3 Å². The smallest absolute Gasteiger partial charge is 0.420 e. The van der Waals surface area contributed by atoms with Crippen molar-refractivity contribution in [2.45, 2.75) is 83.1 Å². The number of nitrogens with zero attached hydrogens (tertiary/aromatic N) is 4. The number of amides is 3. The summed E-state index contributed by atoms with van der Waals surface area (Å²) in [6, 6.07) is 15.7. The van der Waals surface area contributed by atoms with E-state index in [1.165, 1.54) is 16.7 Å². The van der Waals surface area contributed by atoms with Gasteiger partial charge in [-0.15, -0.1) is 0 Å². The van der Waals surface area contributed by atoms with E-state index in [0.29, 0.717) is 80.7 Å². The van der Waals surface area contributed by atoms with Crippen LogP contribution in [0, 0.1) is 28.9 Å². The summed E-state index contributed by atoms with van der Waals surface area (Å²) in [7, 11) is 0. The predicted octanol–water partition coefficient (Wildman–Crippen LogP) is 5.50. The molecule has 1 saturated carbocycles. The molecule has 12 heteroatoms. The van der Waals surface area contributed by atoms with Crippen molar-refractivity contribution in [2.24, 2.45) is 5.92 Å². The van der Waals surface area contributed by atoms with Crippen LogP contribution in [0.25, 0.3) is 0 Å². The van der Waals surface area contributed by atoms with Gasteiger partial charge in [-0.2, -0.15) is 9.84 Å². The molecule has 1 aliphatic carbocycles. The minimum atomic E-state index is -0.722. The number of halogens is 2. The summed E-state index contributed by atoms with van der Waals surface area (Å²) in [5.41, 5.74) is 3.17. The molecule has 2 saturated heterocycles. The van der Waals surface area contributed by atoms with Crippen molar-refractivity contribution in [3.8, 4) is 11.8 Å². The topological polar surface area (TPSA) is 126 Å². The number of nitrogens with one attached hydrogen (secondary N) is 1. The van der Waals surface area contributed by atoms with Crippen LogP contribution in [0.15, 0.2) is 48.5 Å². The lowest BCUT2D eigenvalue weighted by Crippen LogP contribution is -2.47. The maximum atomic E-state index is 15.5. The van der Waals surface area contributed by atoms with Gasteiger partial charge in [0.05, 0.1) is 16.7 Å². The Morgan fingerprint density at radius 3 is 2.51 bits per heavy atom. The number of ether oxygens (including phenoxy) is 1. The zero-order chi connectivity index (χ0) is 37.4. The zero-order valence-electron chi connectivity index (χ0n) is 30.0. The van der Waals surface area contributed by atoms with Crippen LogP contribution < -0.4 is 15.0 Å². The molecule has 3 heterocycles. The minimum Gasteiger partial charge on any atom is -0.488 e. The van der Waals surface area contributed by atoms with E-state index in [0.717, 1.165) is 16.8 Å². The van der Waals surface area contributed by atoms with Crippen molar-refractivity contribution in [3.05, 3.63) is 93.5 Å². The van der Waals surface area contributed by atoms with E-state index in [9.17, 15) is 24.8 Å². The highest BCUT2D eigenvalue weighted by Crippen LogP contribution is 2.41. The zero-order valence-corrected chi connectivity index (χ0v) is 30.0. The van der Waals surface area contributed by atoms with Crippen molar-refractivity contribution in [1.82, 2.24) is 10.2 Å². The maximum absolute atomic E-state index is 15.5. The number of nitriles is 1. The summed E-state index contributed by atoms with van der Waals surface area (Å²) in [6.07, 6.45) is 4.77. The summed E-state index contributed by atoms with van der Waals surface area (Å²) >= 11 is 0. The molecule has 0 bridgehead atoms. The number of carbonyl (C=O) groups excluding carboxylic acids is 3. The molecule has 3 aromatic rings. The lowest BCUT2D eigenvalue weighted by molar-refractivity contribution is -0.434. The number of fused-ring (bicyclic) bond motifs is 1. The first kappa shape index (κ1) is 36.4. The Hall–Kier alpha value is -4.99. The standard InChI is InChI=1S/C41H43F2N5O5/c1-25(46-14-16-47(17-15-46)30-19-32(33(21-44)36(43)20-30)26-10-12-41(2,52)13-11-26)27-6-7-29(35(42)18-27)24-53-37-5-3-4-31-34(37)23-48(40(31)51)22-28-8-9-38(49)45-39(28)50/h3-7,18-20,22,25-26,28,52H,8-17,23-24H2,1-2H3/p+1. The third-order valence-corrected chi connectivity index (χ3v) is 11.5. The van der Waals surface area contributed by atoms with Crippen LogP contribution in [0.5, 0.6) is 5.75 Å². The molecule has 53 heavy (non-hydrogen) atoms. The second kappa shape index (κ2) is 14.8. The lowest BCUT2D eigenvalue weighted by atomic mass is 9.76. The van der Waals surface area contributed by atoms with Crippen LogP contribution in [0.3, 0.4) is 0 Å². The van der Waals surface area contributed by atoms with Crippen molar-refractivity contribution in [1.29, 1.82) is 5.26 Å². The van der Waals surface area contributed by atoms with E-state index in [1.54, 1.807) is 30.5 Å². The Morgan fingerprint density at radius 1 is 1.06 bits per heavy atom. The number of piperazine rings is 1. The van der Waals surface area contributed by atoms with E-state index in [4.69, 9.17) is 4.74 Å². The van der Waals surface area contributed by atoms with Crippen LogP contribution in [0.1, 0.15) is 103 Å². The Balaban J connectivity index is 0.969. The number of aliphatic hydroxyl groups is 1. The second-order valence-electron chi connectivity index (χ2n) is 15.0. The van der Waals surface area contributed by atoms with Crippen LogP contribution in [-0.2, 0) is 22.7 Å². The number of piperidine rings is 1. The molecule has 3 fully saturated rings. The van der Waals surface area contributed by atoms with Gasteiger partial charge in [-0.1, -0.05) is 18.2 Å². The average Bonchev–Trinajstić information content (AvgIpc) is 3.46. The highest BCUT2D eigenvalue weighted by molar-refractivity contribution is 6.05. The van der Waals surface area contributed by atoms with E-state index < -0.39 is 29.1 Å². The average molecular weight is 725 g/mol. The number of hydrogen-bond donors (Lipinski definition) is 2. The second-order valence-corrected chi connectivity index (χ2v) is 15.0. The van der Waals surface area contributed by atoms with Gasteiger partial charge >= 0.3 is 5.91 Å². The van der Waals surface area contributed by atoms with Crippen LogP contribution in [0.4, 0.5) is 14.5 Å². The van der Waals surface area contributed by atoms with Crippen LogP contribution in [0.2, 0.25) is 0 Å². The third-order valence-electron chi connectivity index (χ3n) is 11.5. The van der Waals surface area contributed by atoms with Gasteiger partial charge in [0.2, 0.25) is 11.8 Å². The fraction of sp³-hybridized carbons (Fsp3) is 0.439. The fourth-order valence-electron chi connectivity index (χ4n) is 8.11. The molecular weight excluding hydrogens is 680 g/mol. The van der Waals surface area contributed by atoms with Crippen LogP contribution >= 0.6 is 0 Å². The first-order valence-corrected chi connectivity index (χ1v) is 18.4. The quantitative estimate of drug-likeness (QED) is 0.231. The number of imide groups is 1. The summed E-state index contributed by atoms with van der Waals surface area (Å²) < 4.78 is 38.3. The molecule has 3 aliphatic heterocycles. The number of benzene rings is 3. The Kier molecular flexibility index (Phi) is 10.2. The van der Waals surface area contributed by atoms with Crippen molar-refractivity contribution in [2.75, 3.05) is 31.1 Å². The minimum absolute atomic E-state index is 0.0301. The molecule has 10 nitrogen and oxygen atoms in total. The normalized spacial score (nSPS) is 24.9. The SMILES string of the molecule is CC(c1ccc(COc2cccc3c2C[N+](=CC2CCC(=O)NC2=O)C3=O)c(F)c1)N1CCN(c2cc(F)c(C#N)c(C3CCC(C)(O)CC3)c2)CC1. The van der Waals surface area contributed by atoms with E-state index in [2.05, 4.69) is 21.2 Å². The van der Waals surface area contributed by atoms with Gasteiger partial charge in [0.25, 0.3) is 0 Å². The van der Waals surface area contributed by atoms with Crippen molar-refractivity contribution < 1.29 is 37.6 Å². The van der Waals surface area contributed by atoms with Gasteiger partial charge in [-0.05, 0) is 93.3 Å². The van der Waals surface area contributed by atoms with Gasteiger partial charge in [0, 0.05) is 49.9 Å². The largest absolute Gasteiger partial charge is 0.488 e. The molecule has 2 N–H and O–H groups in total. The molecule has 0 radical (unpaired) electrons. The summed E-state index contributed by atoms with van der Waals surface area (Å²) in [5, 5.41) is 22.5. The van der Waals surface area contributed by atoms with Gasteiger partial charge in [0.15, 0.2) is 12.8 Å². The van der Waals surface area contributed by atoms with E-state index in [1.807, 2.05) is 26.0 Å². The predicted molar refractivity (Wildman–Crippen MR) is 193 cm³/mol. The molecule has 276 valence electrons. The van der Waals surface area contributed by atoms with Gasteiger partial charge < -0.3 is 14.7 Å². The van der Waals surface area contributed by atoms with Crippen molar-refractivity contribution >= 4 is 29.6 Å². The third kappa shape index (κ3) is 7.59. The molecule has 0 spiro atoms. The van der Waals surface area contributed by atoms with Crippen molar-refractivity contribution in [3.63, 3.8) is 0 Å². The fourth-order valence-corrected chi connectivity index (χ4v) is 8.11. The molecule has 2 atom stereocenters. The molecular formula is C41H44F2N5O5+. The summed E-state index contributed by atoms with van der Waals surface area (Å²) in [5.74, 6) is -1.99. The Labute approximate surface area is 307 Å². The Morgan fingerprint density at radius 2 is 1.81 bits per heavy atom. The molecule has 7 rings (SSSR count). The maximum Gasteiger partial charge on any atom is 0.420 e. The highest BCUT2D eigenvalue weighted by Gasteiger charge is 2.38. The molecule has 3 aromatic carbocycles. The highest BCUT2D eigenvalue weighted by atomic mass is 19.1. The first-order chi connectivity index (χ1) is 25.4. The first-order valence-electron chi connectivity index (χ1n) is 18.4. The number of hydrogen-bond acceptors (Lipinski definition) is 8. The molecule has 0 aromatic heterocycles. The molecule has 4 aliphatic rings. The summed E-state index contributed by atoms with van der Waals surface area (Å²) in [4.78, 5) is 41.3. The monoisotopic (exact) mass is 724 g/mol. The van der Waals surface area contributed by atoms with Gasteiger partial charge in [-0.25, -0.2) is 13.6 Å².